The number of nitrogens with one attached hydrogen (secondary N) is 5. The number of carbonyl (C=O) groups is 7. The summed E-state index contributed by atoms with van der Waals surface area (Å²) in [4.78, 5) is 113. The molecule has 4 aromatic carbocycles. The Labute approximate surface area is 502 Å². The maximum atomic E-state index is 14.6. The molecule has 0 aliphatic carbocycles. The maximum absolute atomic E-state index is 14.6. The second kappa shape index (κ2) is 29.7. The highest BCUT2D eigenvalue weighted by molar-refractivity contribution is 7.61. The third-order valence-corrected chi connectivity index (χ3v) is 17.2. The number of rotatable bonds is 17. The van der Waals surface area contributed by atoms with Gasteiger partial charge in [-0.15, -0.1) is 0 Å². The Kier molecular flexibility index (Phi) is 23.0. The van der Waals surface area contributed by atoms with Crippen LogP contribution in [0.15, 0.2) is 97.1 Å². The minimum absolute atomic E-state index is 0.00364. The van der Waals surface area contributed by atoms with Crippen LogP contribution in [0.5, 0.6) is 5.75 Å². The average Bonchev–Trinajstić information content (AvgIpc) is 2.11. The van der Waals surface area contributed by atoms with Gasteiger partial charge in [0.15, 0.2) is 6.23 Å². The van der Waals surface area contributed by atoms with Crippen molar-refractivity contribution in [2.45, 2.75) is 152 Å². The quantitative estimate of drug-likeness (QED) is 0.0455. The SMILES string of the molecule is CCCCCOc1ccc(-c2ccc(-c3ccc(C(=O)N[C@H]4C[C@@H](O)[C@@H](O)NC(=O)[C@@H]5[C@@H](O)[C@@H](C)CN5C(=O)[C@H]([C@@H](C)O)NC(=O)[C@H]([C@H](O)[C@@H](O)c5ccc(P(=O)(O)OCC)cc5)NC(=O)[C@@H]5C[C@@H](O)CN5C(=O)[C@H]([C@@H](C)O)NC4=O)cc3)cc2)cc1. The summed E-state index contributed by atoms with van der Waals surface area (Å²) >= 11 is 0. The Morgan fingerprint density at radius 2 is 1.18 bits per heavy atom. The van der Waals surface area contributed by atoms with Gasteiger partial charge in [0.2, 0.25) is 35.4 Å². The van der Waals surface area contributed by atoms with Crippen molar-refractivity contribution in [2.75, 3.05) is 26.3 Å². The number of benzene rings is 4. The molecule has 472 valence electrons. The number of amides is 7. The van der Waals surface area contributed by atoms with Crippen molar-refractivity contribution in [3.8, 4) is 28.0 Å². The van der Waals surface area contributed by atoms with E-state index in [1.807, 2.05) is 48.5 Å². The average molecular weight is 1230 g/mol. The molecule has 0 spiro atoms. The lowest BCUT2D eigenvalue weighted by molar-refractivity contribution is -0.148. The Morgan fingerprint density at radius 1 is 0.655 bits per heavy atom. The van der Waals surface area contributed by atoms with E-state index in [4.69, 9.17) is 9.26 Å². The van der Waals surface area contributed by atoms with Crippen LogP contribution in [0, 0.1) is 5.92 Å². The van der Waals surface area contributed by atoms with E-state index in [1.165, 1.54) is 26.0 Å². The Hall–Kier alpha value is -7.20. The number of unbranched alkanes of at least 4 members (excludes halogenated alkanes) is 2. The molecule has 0 bridgehead atoms. The molecule has 3 fully saturated rings. The standard InChI is InChI=1S/C60H78N7O19P/c1-6-8-9-26-85-41-22-18-37(19-23-41)35-12-10-34(11-13-35)36-14-16-39(17-15-36)53(75)61-43-28-45(71)56(78)65-58(80)49-50(72)31(3)29-67(49)60(82)47(33(5)69)63-57(79)48(52(74)51(73)38-20-24-42(25-21-38)87(83,84)86-7-2)64-55(77)44-27-40(70)30-66(44)59(81)46(32(4)68)62-54(43)76/h10-25,31-33,40,43-52,56,68-74,78H,6-9,26-30H2,1-5H3,(H,61,75)(H,62,76)(H,63,79)(H,64,77)(H,65,80)(H,83,84)/t31-,32+,33+,40+,43-,44-,45+,46-,47-,48-,49-,50-,51-,52-,56+/m0/s1. The first-order valence-corrected chi connectivity index (χ1v) is 30.4. The zero-order valence-corrected chi connectivity index (χ0v) is 49.6. The maximum Gasteiger partial charge on any atom is 0.358 e. The van der Waals surface area contributed by atoms with Gasteiger partial charge in [-0.05, 0) is 91.4 Å². The van der Waals surface area contributed by atoms with Crippen LogP contribution in [0.2, 0.25) is 0 Å². The molecular formula is C60H78N7O19P. The number of nitrogens with zero attached hydrogens (tertiary/aromatic N) is 2. The third-order valence-electron chi connectivity index (χ3n) is 15.7. The van der Waals surface area contributed by atoms with E-state index in [0.29, 0.717) is 12.2 Å². The van der Waals surface area contributed by atoms with Gasteiger partial charge >= 0.3 is 7.60 Å². The Bertz CT molecular complexity index is 3100. The van der Waals surface area contributed by atoms with Crippen LogP contribution in [-0.4, -0.2) is 202 Å². The summed E-state index contributed by atoms with van der Waals surface area (Å²) in [6.07, 6.45) is -14.1. The normalized spacial score (nSPS) is 27.4. The number of hydrogen-bond donors (Lipinski definition) is 14. The molecule has 14 N–H and O–H groups in total. The minimum atomic E-state index is -4.34. The molecule has 7 rings (SSSR count). The molecular weight excluding hydrogens is 1150 g/mol. The van der Waals surface area contributed by atoms with Gasteiger partial charge in [0, 0.05) is 37.4 Å². The molecule has 3 aliphatic heterocycles. The van der Waals surface area contributed by atoms with E-state index in [-0.39, 0.29) is 23.0 Å². The molecule has 1 unspecified atom stereocenters. The summed E-state index contributed by atoms with van der Waals surface area (Å²) in [5.74, 6) is -8.69. The monoisotopic (exact) mass is 1230 g/mol. The first-order valence-electron chi connectivity index (χ1n) is 28.8. The smallest absolute Gasteiger partial charge is 0.358 e. The largest absolute Gasteiger partial charge is 0.494 e. The lowest BCUT2D eigenvalue weighted by Crippen LogP contribution is -2.64. The molecule has 0 aromatic heterocycles. The first kappa shape index (κ1) is 67.3. The Balaban J connectivity index is 1.18. The van der Waals surface area contributed by atoms with Gasteiger partial charge in [-0.2, -0.15) is 0 Å². The van der Waals surface area contributed by atoms with Gasteiger partial charge in [0.05, 0.1) is 42.9 Å². The molecule has 0 saturated carbocycles. The zero-order chi connectivity index (χ0) is 63.6. The highest BCUT2D eigenvalue weighted by atomic mass is 31.2. The van der Waals surface area contributed by atoms with E-state index >= 15 is 0 Å². The fraction of sp³-hybridized carbons (Fsp3) is 0.483. The number of hydrogen-bond acceptors (Lipinski definition) is 18. The highest BCUT2D eigenvalue weighted by Crippen LogP contribution is 2.40. The number of ether oxygens (including phenoxy) is 1. The van der Waals surface area contributed by atoms with Crippen molar-refractivity contribution in [3.63, 3.8) is 0 Å². The van der Waals surface area contributed by atoms with Crippen LogP contribution in [0.1, 0.15) is 88.7 Å². The first-order chi connectivity index (χ1) is 41.2. The minimum Gasteiger partial charge on any atom is -0.494 e. The second-order valence-corrected chi connectivity index (χ2v) is 24.0. The molecule has 16 atom stereocenters. The van der Waals surface area contributed by atoms with Gasteiger partial charge < -0.3 is 91.4 Å². The lowest BCUT2D eigenvalue weighted by Gasteiger charge is -2.34. The molecule has 87 heavy (non-hydrogen) atoms. The molecule has 7 amide bonds. The molecule has 26 nitrogen and oxygen atoms in total. The number of carbonyl (C=O) groups excluding carboxylic acids is 7. The Morgan fingerprint density at radius 3 is 1.74 bits per heavy atom. The summed E-state index contributed by atoms with van der Waals surface area (Å²) in [6, 6.07) is 14.1. The van der Waals surface area contributed by atoms with Gasteiger partial charge in [0.25, 0.3) is 5.91 Å². The summed E-state index contributed by atoms with van der Waals surface area (Å²) in [5, 5.41) is 102. The molecule has 0 radical (unpaired) electrons. The summed E-state index contributed by atoms with van der Waals surface area (Å²) in [7, 11) is -4.34. The van der Waals surface area contributed by atoms with E-state index in [1.54, 1.807) is 12.1 Å². The molecule has 3 saturated heterocycles. The fourth-order valence-electron chi connectivity index (χ4n) is 10.7. The predicted octanol–water partition coefficient (Wildman–Crippen LogP) is -0.785. The van der Waals surface area contributed by atoms with Gasteiger partial charge in [-0.25, -0.2) is 0 Å². The van der Waals surface area contributed by atoms with Crippen LogP contribution in [0.3, 0.4) is 0 Å². The van der Waals surface area contributed by atoms with Crippen LogP contribution in [0.4, 0.5) is 0 Å². The highest BCUT2D eigenvalue weighted by Gasteiger charge is 2.50. The summed E-state index contributed by atoms with van der Waals surface area (Å²) in [5.41, 5.74) is 3.21. The van der Waals surface area contributed by atoms with Gasteiger partial charge in [-0.1, -0.05) is 87.4 Å². The van der Waals surface area contributed by atoms with Crippen LogP contribution in [0.25, 0.3) is 22.3 Å². The van der Waals surface area contributed by atoms with E-state index in [2.05, 4.69) is 33.5 Å². The molecule has 4 aromatic rings. The summed E-state index contributed by atoms with van der Waals surface area (Å²) < 4.78 is 23.5. The molecule has 3 heterocycles. The van der Waals surface area contributed by atoms with E-state index < -0.39 is 166 Å². The van der Waals surface area contributed by atoms with Crippen molar-refractivity contribution in [2.24, 2.45) is 5.92 Å². The zero-order valence-electron chi connectivity index (χ0n) is 48.7. The van der Waals surface area contributed by atoms with Crippen LogP contribution >= 0.6 is 7.60 Å². The lowest BCUT2D eigenvalue weighted by atomic mass is 9.97. The van der Waals surface area contributed by atoms with Crippen molar-refractivity contribution in [1.82, 2.24) is 36.4 Å². The van der Waals surface area contributed by atoms with Crippen LogP contribution in [-0.2, 0) is 37.9 Å². The topological polar surface area (TPSA) is 404 Å². The second-order valence-electron chi connectivity index (χ2n) is 22.2. The van der Waals surface area contributed by atoms with Gasteiger partial charge in [-0.3, -0.25) is 38.1 Å². The number of aliphatic hydroxyl groups excluding tert-OH is 8. The predicted molar refractivity (Wildman–Crippen MR) is 313 cm³/mol. The van der Waals surface area contributed by atoms with Crippen molar-refractivity contribution in [1.29, 1.82) is 0 Å². The van der Waals surface area contributed by atoms with Crippen molar-refractivity contribution in [3.05, 3.63) is 108 Å². The molecule has 27 heteroatoms. The van der Waals surface area contributed by atoms with Crippen molar-refractivity contribution < 1.29 is 93.1 Å². The summed E-state index contributed by atoms with van der Waals surface area (Å²) in [6.45, 7) is 6.69. The fourth-order valence-corrected chi connectivity index (χ4v) is 11.7. The number of aliphatic hydroxyl groups is 8. The van der Waals surface area contributed by atoms with E-state index in [9.17, 15) is 83.9 Å². The van der Waals surface area contributed by atoms with Crippen molar-refractivity contribution >= 4 is 54.3 Å². The van der Waals surface area contributed by atoms with Crippen LogP contribution < -0.4 is 36.6 Å². The van der Waals surface area contributed by atoms with Gasteiger partial charge in [0.1, 0.15) is 60.3 Å². The molecule has 3 aliphatic rings. The third kappa shape index (κ3) is 16.3. The number of fused-ring (bicyclic) bond motifs is 2. The van der Waals surface area contributed by atoms with E-state index in [0.717, 1.165) is 89.6 Å².